The number of nitrogens with zero attached hydrogens (tertiary/aromatic N) is 2. The molecule has 0 fully saturated rings. The van der Waals surface area contributed by atoms with E-state index in [9.17, 15) is 19.2 Å². The molecule has 2 rings (SSSR count). The molecule has 0 saturated carbocycles. The Bertz CT molecular complexity index is 1060. The minimum atomic E-state index is -0.783. The van der Waals surface area contributed by atoms with Crippen molar-refractivity contribution < 1.29 is 14.3 Å². The number of benzene rings is 1. The van der Waals surface area contributed by atoms with Crippen LogP contribution in [0.2, 0.25) is 0 Å². The molecule has 162 valence electrons. The van der Waals surface area contributed by atoms with Crippen LogP contribution in [0.4, 0.5) is 17.2 Å². The number of aryl methyl sites for hydroxylation is 1. The number of H-pyrrole nitrogens is 1. The Morgan fingerprint density at radius 1 is 1.20 bits per heavy atom. The number of rotatable bonds is 8. The number of anilines is 3. The lowest BCUT2D eigenvalue weighted by Crippen LogP contribution is -2.42. The first-order valence-electron chi connectivity index (χ1n) is 9.68. The minimum Gasteiger partial charge on any atom is -0.452 e. The van der Waals surface area contributed by atoms with Gasteiger partial charge in [0.05, 0.1) is 5.56 Å². The fourth-order valence-electron chi connectivity index (χ4n) is 2.98. The molecule has 0 aliphatic heterocycles. The van der Waals surface area contributed by atoms with E-state index in [4.69, 9.17) is 16.2 Å². The Kier molecular flexibility index (Phi) is 7.40. The molecule has 5 N–H and O–H groups in total. The van der Waals surface area contributed by atoms with Crippen molar-refractivity contribution in [2.45, 2.75) is 40.2 Å². The van der Waals surface area contributed by atoms with Gasteiger partial charge in [-0.05, 0) is 31.9 Å². The first kappa shape index (κ1) is 22.7. The van der Waals surface area contributed by atoms with Gasteiger partial charge in [-0.3, -0.25) is 19.1 Å². The number of para-hydroxylation sites is 1. The number of aromatic nitrogens is 2. The summed E-state index contributed by atoms with van der Waals surface area (Å²) in [6.45, 7) is 5.11. The number of nitrogen functional groups attached to an aromatic ring is 2. The summed E-state index contributed by atoms with van der Waals surface area (Å²) >= 11 is 0. The van der Waals surface area contributed by atoms with E-state index in [-0.39, 0.29) is 29.3 Å². The van der Waals surface area contributed by atoms with Gasteiger partial charge in [0.1, 0.15) is 5.82 Å². The van der Waals surface area contributed by atoms with Gasteiger partial charge in [-0.25, -0.2) is 9.59 Å². The van der Waals surface area contributed by atoms with Crippen LogP contribution in [0.3, 0.4) is 0 Å². The van der Waals surface area contributed by atoms with Crippen LogP contribution in [0.5, 0.6) is 0 Å². The lowest BCUT2D eigenvalue weighted by Gasteiger charge is -2.23. The van der Waals surface area contributed by atoms with E-state index in [0.717, 1.165) is 11.3 Å². The Morgan fingerprint density at radius 2 is 1.90 bits per heavy atom. The van der Waals surface area contributed by atoms with Gasteiger partial charge in [0.25, 0.3) is 11.5 Å². The van der Waals surface area contributed by atoms with Crippen molar-refractivity contribution >= 4 is 29.1 Å². The third-order valence-corrected chi connectivity index (χ3v) is 4.71. The van der Waals surface area contributed by atoms with Crippen LogP contribution < -0.4 is 27.6 Å². The molecule has 2 aromatic rings. The van der Waals surface area contributed by atoms with Crippen LogP contribution >= 0.6 is 0 Å². The first-order chi connectivity index (χ1) is 14.2. The maximum absolute atomic E-state index is 12.7. The topological polar surface area (TPSA) is 154 Å². The number of ether oxygens (including phenoxy) is 1. The van der Waals surface area contributed by atoms with Crippen LogP contribution in [0.1, 0.15) is 42.6 Å². The van der Waals surface area contributed by atoms with E-state index in [0.29, 0.717) is 18.5 Å². The Hall–Kier alpha value is -3.56. The van der Waals surface area contributed by atoms with Crippen molar-refractivity contribution in [2.24, 2.45) is 0 Å². The maximum atomic E-state index is 12.7. The summed E-state index contributed by atoms with van der Waals surface area (Å²) in [6, 6.07) is 4.90. The molecular formula is C20H27N5O5. The predicted octanol–water partition coefficient (Wildman–Crippen LogP) is 1.02. The van der Waals surface area contributed by atoms with E-state index >= 15 is 0 Å². The van der Waals surface area contributed by atoms with Crippen LogP contribution in [-0.2, 0) is 16.1 Å². The number of nitrogens with two attached hydrogens (primary N) is 2. The van der Waals surface area contributed by atoms with Crippen LogP contribution in [0, 0.1) is 6.92 Å². The molecule has 0 bridgehead atoms. The average molecular weight is 417 g/mol. The smallest absolute Gasteiger partial charge is 0.340 e. The molecule has 0 saturated heterocycles. The normalized spacial score (nSPS) is 10.6. The highest BCUT2D eigenvalue weighted by molar-refractivity contribution is 6.00. The molecule has 10 heteroatoms. The summed E-state index contributed by atoms with van der Waals surface area (Å²) in [5.41, 5.74) is 11.5. The lowest BCUT2D eigenvalue weighted by molar-refractivity contribution is -0.121. The summed E-state index contributed by atoms with van der Waals surface area (Å²) in [6.07, 6.45) is 1.49. The zero-order chi connectivity index (χ0) is 22.4. The third kappa shape index (κ3) is 4.70. The average Bonchev–Trinajstić information content (AvgIpc) is 2.70. The molecule has 0 aliphatic carbocycles. The van der Waals surface area contributed by atoms with Crippen molar-refractivity contribution in [1.29, 1.82) is 0 Å². The fraction of sp³-hybridized carbons (Fsp3) is 0.400. The second-order valence-electron chi connectivity index (χ2n) is 6.75. The van der Waals surface area contributed by atoms with Gasteiger partial charge in [-0.1, -0.05) is 25.5 Å². The standard InChI is InChI=1S/C20H27N5O5/c1-4-6-10-25-17(22)16(18(27)23-20(25)29)24(5-2)14(26)11-30-19(28)13-9-7-8-12(3)15(13)21/h7-9H,4-6,10-11,21-22H2,1-3H3,(H,23,27,29). The summed E-state index contributed by atoms with van der Waals surface area (Å²) in [7, 11) is 0. The molecule has 1 amide bonds. The summed E-state index contributed by atoms with van der Waals surface area (Å²) < 4.78 is 6.31. The maximum Gasteiger partial charge on any atom is 0.340 e. The molecule has 0 unspecified atom stereocenters. The predicted molar refractivity (Wildman–Crippen MR) is 115 cm³/mol. The number of carbonyl (C=O) groups is 2. The summed E-state index contributed by atoms with van der Waals surface area (Å²) in [4.78, 5) is 52.7. The van der Waals surface area contributed by atoms with Crippen LogP contribution in [0.25, 0.3) is 0 Å². The van der Waals surface area contributed by atoms with Crippen molar-refractivity contribution in [3.05, 3.63) is 50.2 Å². The highest BCUT2D eigenvalue weighted by Crippen LogP contribution is 2.19. The number of nitrogens with one attached hydrogen (secondary N) is 1. The first-order valence-corrected chi connectivity index (χ1v) is 9.68. The van der Waals surface area contributed by atoms with E-state index in [1.165, 1.54) is 10.6 Å². The zero-order valence-corrected chi connectivity index (χ0v) is 17.4. The van der Waals surface area contributed by atoms with E-state index < -0.39 is 29.7 Å². The van der Waals surface area contributed by atoms with E-state index in [1.54, 1.807) is 26.0 Å². The third-order valence-electron chi connectivity index (χ3n) is 4.71. The molecule has 0 radical (unpaired) electrons. The van der Waals surface area contributed by atoms with Gasteiger partial charge < -0.3 is 21.1 Å². The van der Waals surface area contributed by atoms with Crippen molar-refractivity contribution in [1.82, 2.24) is 9.55 Å². The molecule has 0 atom stereocenters. The monoisotopic (exact) mass is 417 g/mol. The summed E-state index contributed by atoms with van der Waals surface area (Å²) in [5, 5.41) is 0. The van der Waals surface area contributed by atoms with Crippen LogP contribution in [0.15, 0.2) is 27.8 Å². The fourth-order valence-corrected chi connectivity index (χ4v) is 2.98. The minimum absolute atomic E-state index is 0.0855. The highest BCUT2D eigenvalue weighted by Gasteiger charge is 2.24. The van der Waals surface area contributed by atoms with Gasteiger partial charge >= 0.3 is 11.7 Å². The van der Waals surface area contributed by atoms with Gasteiger partial charge in [-0.2, -0.15) is 0 Å². The molecule has 1 aromatic carbocycles. The second kappa shape index (κ2) is 9.77. The van der Waals surface area contributed by atoms with Gasteiger partial charge in [0.15, 0.2) is 12.3 Å². The molecule has 30 heavy (non-hydrogen) atoms. The molecule has 10 nitrogen and oxygen atoms in total. The number of hydrogen-bond donors (Lipinski definition) is 3. The van der Waals surface area contributed by atoms with Gasteiger partial charge in [-0.15, -0.1) is 0 Å². The summed E-state index contributed by atoms with van der Waals surface area (Å²) in [5.74, 6) is -1.52. The Labute approximate surface area is 173 Å². The van der Waals surface area contributed by atoms with Crippen molar-refractivity contribution in [3.63, 3.8) is 0 Å². The molecule has 0 aliphatic rings. The molecular weight excluding hydrogens is 390 g/mol. The number of esters is 1. The van der Waals surface area contributed by atoms with Crippen molar-refractivity contribution in [2.75, 3.05) is 29.5 Å². The second-order valence-corrected chi connectivity index (χ2v) is 6.75. The van der Waals surface area contributed by atoms with Crippen LogP contribution in [-0.4, -0.2) is 34.6 Å². The zero-order valence-electron chi connectivity index (χ0n) is 17.4. The number of amides is 1. The number of hydrogen-bond acceptors (Lipinski definition) is 7. The van der Waals surface area contributed by atoms with E-state index in [1.807, 2.05) is 6.92 Å². The Balaban J connectivity index is 2.26. The Morgan fingerprint density at radius 3 is 2.53 bits per heavy atom. The molecule has 0 spiro atoms. The quantitative estimate of drug-likeness (QED) is 0.428. The van der Waals surface area contributed by atoms with E-state index in [2.05, 4.69) is 4.98 Å². The number of carbonyl (C=O) groups excluding carboxylic acids is 2. The highest BCUT2D eigenvalue weighted by atomic mass is 16.5. The SMILES string of the molecule is CCCCn1c(N)c(N(CC)C(=O)COC(=O)c2cccc(C)c2N)c(=O)[nH]c1=O. The van der Waals surface area contributed by atoms with Crippen molar-refractivity contribution in [3.8, 4) is 0 Å². The molecule has 1 aromatic heterocycles. The lowest BCUT2D eigenvalue weighted by atomic mass is 10.1. The van der Waals surface area contributed by atoms with Gasteiger partial charge in [0, 0.05) is 18.8 Å². The molecule has 1 heterocycles. The number of aromatic amines is 1. The van der Waals surface area contributed by atoms with Gasteiger partial charge in [0.2, 0.25) is 0 Å². The number of unbranched alkanes of at least 4 members (excludes halogenated alkanes) is 1. The number of likely N-dealkylation sites (N-methyl/N-ethyl adjacent to an activating group) is 1. The largest absolute Gasteiger partial charge is 0.452 e.